The molecule has 0 radical (unpaired) electrons. The van der Waals surface area contributed by atoms with Gasteiger partial charge in [0.15, 0.2) is 5.96 Å². The predicted molar refractivity (Wildman–Crippen MR) is 119 cm³/mol. The molecule has 1 aromatic carbocycles. The van der Waals surface area contributed by atoms with Crippen LogP contribution in [0.25, 0.3) is 11.0 Å². The molecule has 0 amide bonds. The summed E-state index contributed by atoms with van der Waals surface area (Å²) in [5.74, 6) is 1.83. The van der Waals surface area contributed by atoms with Gasteiger partial charge < -0.3 is 24.5 Å². The maximum absolute atomic E-state index is 5.84. The highest BCUT2D eigenvalue weighted by molar-refractivity contribution is 14.0. The SMILES string of the molecule is CCNC(=NCCCOC1CCOC1)NCCc1cc2ccccc2o1.I. The zero-order valence-electron chi connectivity index (χ0n) is 15.9. The fourth-order valence-corrected chi connectivity index (χ4v) is 2.96. The van der Waals surface area contributed by atoms with E-state index in [1.165, 1.54) is 0 Å². The van der Waals surface area contributed by atoms with Gasteiger partial charge in [0.2, 0.25) is 0 Å². The standard InChI is InChI=1S/C20H29N3O3.HI/c1-2-21-20(22-10-5-12-25-18-9-13-24-15-18)23-11-8-17-14-16-6-3-4-7-19(16)26-17;/h3-4,6-7,14,18H,2,5,8-13,15H2,1H3,(H2,21,22,23);1H. The molecule has 3 rings (SSSR count). The van der Waals surface area contributed by atoms with Crippen LogP contribution in [-0.4, -0.2) is 51.5 Å². The maximum atomic E-state index is 5.84. The molecule has 1 saturated heterocycles. The molecule has 2 heterocycles. The van der Waals surface area contributed by atoms with E-state index in [4.69, 9.17) is 13.9 Å². The molecule has 2 aromatic rings. The van der Waals surface area contributed by atoms with E-state index in [0.717, 1.165) is 81.4 Å². The van der Waals surface area contributed by atoms with Gasteiger partial charge in [0.05, 0.1) is 12.7 Å². The lowest BCUT2D eigenvalue weighted by Gasteiger charge is -2.11. The van der Waals surface area contributed by atoms with Gasteiger partial charge >= 0.3 is 0 Å². The van der Waals surface area contributed by atoms with E-state index in [0.29, 0.717) is 0 Å². The van der Waals surface area contributed by atoms with Crippen molar-refractivity contribution >= 4 is 40.9 Å². The van der Waals surface area contributed by atoms with E-state index in [1.54, 1.807) is 0 Å². The molecular formula is C20H30IN3O3. The molecule has 27 heavy (non-hydrogen) atoms. The Morgan fingerprint density at radius 2 is 2.19 bits per heavy atom. The number of nitrogens with one attached hydrogen (secondary N) is 2. The largest absolute Gasteiger partial charge is 0.461 e. The van der Waals surface area contributed by atoms with E-state index in [9.17, 15) is 0 Å². The van der Waals surface area contributed by atoms with Gasteiger partial charge in [-0.25, -0.2) is 0 Å². The van der Waals surface area contributed by atoms with Crippen molar-refractivity contribution in [2.75, 3.05) is 39.5 Å². The fraction of sp³-hybridized carbons (Fsp3) is 0.550. The third-order valence-corrected chi connectivity index (χ3v) is 4.30. The van der Waals surface area contributed by atoms with E-state index < -0.39 is 0 Å². The van der Waals surface area contributed by atoms with Crippen LogP contribution in [0, 0.1) is 0 Å². The number of para-hydroxylation sites is 1. The van der Waals surface area contributed by atoms with E-state index >= 15 is 0 Å². The molecule has 0 saturated carbocycles. The number of aliphatic imine (C=N–C) groups is 1. The molecular weight excluding hydrogens is 457 g/mol. The summed E-state index contributed by atoms with van der Waals surface area (Å²) in [6, 6.07) is 10.2. The van der Waals surface area contributed by atoms with Gasteiger partial charge in [-0.2, -0.15) is 0 Å². The molecule has 1 unspecified atom stereocenters. The average molecular weight is 487 g/mol. The number of halogens is 1. The van der Waals surface area contributed by atoms with Crippen LogP contribution in [0.15, 0.2) is 39.7 Å². The monoisotopic (exact) mass is 487 g/mol. The summed E-state index contributed by atoms with van der Waals surface area (Å²) in [6.45, 7) is 6.72. The van der Waals surface area contributed by atoms with Crippen LogP contribution in [0.2, 0.25) is 0 Å². The molecule has 6 nitrogen and oxygen atoms in total. The summed E-state index contributed by atoms with van der Waals surface area (Å²) >= 11 is 0. The van der Waals surface area contributed by atoms with E-state index in [1.807, 2.05) is 18.2 Å². The Balaban J connectivity index is 0.00000261. The summed E-state index contributed by atoms with van der Waals surface area (Å²) in [5.41, 5.74) is 0.940. The second-order valence-corrected chi connectivity index (χ2v) is 6.40. The van der Waals surface area contributed by atoms with Gasteiger partial charge in [-0.05, 0) is 31.9 Å². The predicted octanol–water partition coefficient (Wildman–Crippen LogP) is 3.34. The quantitative estimate of drug-likeness (QED) is 0.246. The molecule has 2 N–H and O–H groups in total. The average Bonchev–Trinajstić information content (AvgIpc) is 3.30. The molecule has 0 bridgehead atoms. The number of nitrogens with zero attached hydrogens (tertiary/aromatic N) is 1. The normalized spacial score (nSPS) is 17.1. The van der Waals surface area contributed by atoms with Gasteiger partial charge in [-0.3, -0.25) is 4.99 Å². The van der Waals surface area contributed by atoms with Gasteiger partial charge in [-0.1, -0.05) is 18.2 Å². The number of guanidine groups is 1. The van der Waals surface area contributed by atoms with Crippen molar-refractivity contribution in [3.05, 3.63) is 36.1 Å². The van der Waals surface area contributed by atoms with Gasteiger partial charge in [0.1, 0.15) is 11.3 Å². The highest BCUT2D eigenvalue weighted by atomic mass is 127. The second kappa shape index (κ2) is 12.2. The maximum Gasteiger partial charge on any atom is 0.191 e. The van der Waals surface area contributed by atoms with Crippen molar-refractivity contribution in [1.29, 1.82) is 0 Å². The second-order valence-electron chi connectivity index (χ2n) is 6.40. The summed E-state index contributed by atoms with van der Waals surface area (Å²) < 4.78 is 16.9. The molecule has 150 valence electrons. The number of hydrogen-bond acceptors (Lipinski definition) is 4. The number of benzene rings is 1. The zero-order chi connectivity index (χ0) is 18.0. The lowest BCUT2D eigenvalue weighted by Crippen LogP contribution is -2.38. The van der Waals surface area contributed by atoms with Crippen LogP contribution >= 0.6 is 24.0 Å². The highest BCUT2D eigenvalue weighted by Crippen LogP contribution is 2.18. The minimum absolute atomic E-state index is 0. The smallest absolute Gasteiger partial charge is 0.191 e. The first-order chi connectivity index (χ1) is 12.8. The summed E-state index contributed by atoms with van der Waals surface area (Å²) in [7, 11) is 0. The number of fused-ring (bicyclic) bond motifs is 1. The summed E-state index contributed by atoms with van der Waals surface area (Å²) in [5, 5.41) is 7.79. The molecule has 1 atom stereocenters. The highest BCUT2D eigenvalue weighted by Gasteiger charge is 2.15. The third-order valence-electron chi connectivity index (χ3n) is 4.30. The number of ether oxygens (including phenoxy) is 2. The summed E-state index contributed by atoms with van der Waals surface area (Å²) in [6.07, 6.45) is 3.02. The summed E-state index contributed by atoms with van der Waals surface area (Å²) in [4.78, 5) is 4.60. The molecule has 0 aliphatic carbocycles. The van der Waals surface area contributed by atoms with Crippen molar-refractivity contribution in [2.24, 2.45) is 4.99 Å². The van der Waals surface area contributed by atoms with Gasteiger partial charge in [0, 0.05) is 44.7 Å². The van der Waals surface area contributed by atoms with Crippen LogP contribution in [0.5, 0.6) is 0 Å². The van der Waals surface area contributed by atoms with Crippen molar-refractivity contribution in [3.8, 4) is 0 Å². The Labute approximate surface area is 178 Å². The van der Waals surface area contributed by atoms with Crippen LogP contribution in [0.1, 0.15) is 25.5 Å². The molecule has 1 aromatic heterocycles. The van der Waals surface area contributed by atoms with Gasteiger partial charge in [0.25, 0.3) is 0 Å². The van der Waals surface area contributed by atoms with Crippen LogP contribution in [0.4, 0.5) is 0 Å². The minimum Gasteiger partial charge on any atom is -0.461 e. The van der Waals surface area contributed by atoms with E-state index in [2.05, 4.69) is 34.7 Å². The zero-order valence-corrected chi connectivity index (χ0v) is 18.2. The van der Waals surface area contributed by atoms with Crippen LogP contribution in [-0.2, 0) is 15.9 Å². The Morgan fingerprint density at radius 3 is 2.96 bits per heavy atom. The third kappa shape index (κ3) is 7.31. The Bertz CT molecular complexity index is 666. The van der Waals surface area contributed by atoms with Crippen molar-refractivity contribution < 1.29 is 13.9 Å². The first-order valence-electron chi connectivity index (χ1n) is 9.54. The Kier molecular flexibility index (Phi) is 9.93. The van der Waals surface area contributed by atoms with E-state index in [-0.39, 0.29) is 30.1 Å². The molecule has 7 heteroatoms. The lowest BCUT2D eigenvalue weighted by molar-refractivity contribution is 0.0424. The molecule has 1 fully saturated rings. The van der Waals surface area contributed by atoms with Crippen LogP contribution < -0.4 is 10.6 Å². The molecule has 1 aliphatic heterocycles. The van der Waals surface area contributed by atoms with Crippen molar-refractivity contribution in [1.82, 2.24) is 10.6 Å². The number of hydrogen-bond donors (Lipinski definition) is 2. The Morgan fingerprint density at radius 1 is 1.30 bits per heavy atom. The first-order valence-corrected chi connectivity index (χ1v) is 9.54. The van der Waals surface area contributed by atoms with Gasteiger partial charge in [-0.15, -0.1) is 24.0 Å². The fourth-order valence-electron chi connectivity index (χ4n) is 2.96. The Hall–Kier alpha value is -1.32. The minimum atomic E-state index is 0. The topological polar surface area (TPSA) is 68.0 Å². The molecule has 1 aliphatic rings. The number of furan rings is 1. The number of rotatable bonds is 9. The van der Waals surface area contributed by atoms with Crippen molar-refractivity contribution in [2.45, 2.75) is 32.3 Å². The first kappa shape index (κ1) is 22.0. The lowest BCUT2D eigenvalue weighted by atomic mass is 10.2. The molecule has 0 spiro atoms. The van der Waals surface area contributed by atoms with Crippen LogP contribution in [0.3, 0.4) is 0 Å². The van der Waals surface area contributed by atoms with Crippen molar-refractivity contribution in [3.63, 3.8) is 0 Å².